The van der Waals surface area contributed by atoms with Crippen molar-refractivity contribution < 1.29 is 13.9 Å². The molecule has 1 aliphatic rings. The summed E-state index contributed by atoms with van der Waals surface area (Å²) in [6.07, 6.45) is 1.72. The van der Waals surface area contributed by atoms with Crippen LogP contribution in [-0.4, -0.2) is 10.2 Å². The SMILES string of the molecule is O=C1NC(=S)S/C1=C/c1ccc(OCc2ccc(F)cc2)c(Cl)c1. The summed E-state index contributed by atoms with van der Waals surface area (Å²) in [5.74, 6) is 0.0161. The summed E-state index contributed by atoms with van der Waals surface area (Å²) in [4.78, 5) is 12.2. The maximum Gasteiger partial charge on any atom is 0.263 e. The summed E-state index contributed by atoms with van der Waals surface area (Å²) in [6, 6.07) is 11.3. The molecule has 0 atom stereocenters. The maximum absolute atomic E-state index is 12.9. The molecule has 0 saturated carbocycles. The van der Waals surface area contributed by atoms with Crippen molar-refractivity contribution in [3.8, 4) is 5.75 Å². The molecule has 0 radical (unpaired) electrons. The zero-order valence-corrected chi connectivity index (χ0v) is 14.6. The first-order valence-corrected chi connectivity index (χ1v) is 8.53. The van der Waals surface area contributed by atoms with Crippen LogP contribution in [0.4, 0.5) is 4.39 Å². The zero-order valence-electron chi connectivity index (χ0n) is 12.2. The topological polar surface area (TPSA) is 38.3 Å². The average molecular weight is 380 g/mol. The summed E-state index contributed by atoms with van der Waals surface area (Å²) >= 11 is 12.4. The van der Waals surface area contributed by atoms with Gasteiger partial charge in [-0.05, 0) is 41.5 Å². The van der Waals surface area contributed by atoms with Gasteiger partial charge in [-0.3, -0.25) is 4.79 Å². The molecule has 1 aliphatic heterocycles. The zero-order chi connectivity index (χ0) is 17.1. The van der Waals surface area contributed by atoms with Crippen molar-refractivity contribution in [1.29, 1.82) is 0 Å². The molecule has 1 amide bonds. The Kier molecular flexibility index (Phi) is 5.18. The molecule has 1 saturated heterocycles. The quantitative estimate of drug-likeness (QED) is 0.625. The van der Waals surface area contributed by atoms with Crippen LogP contribution < -0.4 is 10.1 Å². The number of thiocarbonyl (C=S) groups is 1. The third kappa shape index (κ3) is 4.14. The van der Waals surface area contributed by atoms with Crippen LogP contribution in [-0.2, 0) is 11.4 Å². The van der Waals surface area contributed by atoms with Crippen LogP contribution in [0.1, 0.15) is 11.1 Å². The second kappa shape index (κ2) is 7.34. The van der Waals surface area contributed by atoms with Crippen LogP contribution >= 0.6 is 35.6 Å². The lowest BCUT2D eigenvalue weighted by Crippen LogP contribution is -2.17. The molecule has 122 valence electrons. The maximum atomic E-state index is 12.9. The molecule has 0 aromatic heterocycles. The number of ether oxygens (including phenoxy) is 1. The van der Waals surface area contributed by atoms with Crippen LogP contribution in [0.2, 0.25) is 5.02 Å². The first-order chi connectivity index (χ1) is 11.5. The minimum absolute atomic E-state index is 0.210. The Morgan fingerprint density at radius 3 is 2.62 bits per heavy atom. The number of benzene rings is 2. The summed E-state index contributed by atoms with van der Waals surface area (Å²) < 4.78 is 19.0. The van der Waals surface area contributed by atoms with E-state index in [0.29, 0.717) is 20.0 Å². The monoisotopic (exact) mass is 379 g/mol. The minimum Gasteiger partial charge on any atom is -0.487 e. The fraction of sp³-hybridized carbons (Fsp3) is 0.0588. The van der Waals surface area contributed by atoms with Gasteiger partial charge in [0.15, 0.2) is 0 Å². The second-order valence-electron chi connectivity index (χ2n) is 4.96. The van der Waals surface area contributed by atoms with Crippen LogP contribution in [0.25, 0.3) is 6.08 Å². The molecule has 2 aromatic rings. The Balaban J connectivity index is 1.70. The lowest BCUT2D eigenvalue weighted by atomic mass is 10.2. The lowest BCUT2D eigenvalue weighted by Gasteiger charge is -2.09. The number of hydrogen-bond donors (Lipinski definition) is 1. The van der Waals surface area contributed by atoms with Gasteiger partial charge in [0.05, 0.1) is 9.93 Å². The van der Waals surface area contributed by atoms with Crippen LogP contribution in [0.15, 0.2) is 47.4 Å². The van der Waals surface area contributed by atoms with Crippen LogP contribution in [0.5, 0.6) is 5.75 Å². The number of carbonyl (C=O) groups excluding carboxylic acids is 1. The Bertz CT molecular complexity index is 837. The summed E-state index contributed by atoms with van der Waals surface area (Å²) in [7, 11) is 0. The number of hydrogen-bond acceptors (Lipinski definition) is 4. The van der Waals surface area contributed by atoms with Gasteiger partial charge in [0.25, 0.3) is 5.91 Å². The van der Waals surface area contributed by atoms with Gasteiger partial charge in [0, 0.05) is 0 Å². The number of carbonyl (C=O) groups is 1. The highest BCUT2D eigenvalue weighted by atomic mass is 35.5. The van der Waals surface area contributed by atoms with Crippen molar-refractivity contribution in [3.05, 3.63) is 69.3 Å². The van der Waals surface area contributed by atoms with Crippen molar-refractivity contribution in [2.45, 2.75) is 6.61 Å². The average Bonchev–Trinajstić information content (AvgIpc) is 2.86. The van der Waals surface area contributed by atoms with E-state index in [-0.39, 0.29) is 18.3 Å². The molecule has 3 rings (SSSR count). The highest BCUT2D eigenvalue weighted by Crippen LogP contribution is 2.30. The van der Waals surface area contributed by atoms with Crippen LogP contribution in [0, 0.1) is 5.82 Å². The molecule has 1 N–H and O–H groups in total. The predicted molar refractivity (Wildman–Crippen MR) is 98.5 cm³/mol. The molecule has 0 unspecified atom stereocenters. The fourth-order valence-electron chi connectivity index (χ4n) is 2.04. The van der Waals surface area contributed by atoms with Gasteiger partial charge in [-0.15, -0.1) is 0 Å². The Morgan fingerprint density at radius 1 is 1.25 bits per heavy atom. The molecule has 0 spiro atoms. The smallest absolute Gasteiger partial charge is 0.263 e. The molecular formula is C17H11ClFNO2S2. The molecular weight excluding hydrogens is 369 g/mol. The molecule has 1 heterocycles. The predicted octanol–water partition coefficient (Wildman–Crippen LogP) is 4.55. The van der Waals surface area contributed by atoms with Gasteiger partial charge in [-0.2, -0.15) is 0 Å². The Labute approximate surface area is 152 Å². The van der Waals surface area contributed by atoms with Crippen molar-refractivity contribution in [3.63, 3.8) is 0 Å². The number of nitrogens with one attached hydrogen (secondary N) is 1. The fourth-order valence-corrected chi connectivity index (χ4v) is 3.33. The molecule has 3 nitrogen and oxygen atoms in total. The first-order valence-electron chi connectivity index (χ1n) is 6.93. The molecule has 7 heteroatoms. The standard InChI is InChI=1S/C17H11ClFNO2S2/c18-13-7-11(8-15-16(21)20-17(23)24-15)3-6-14(13)22-9-10-1-4-12(19)5-2-10/h1-8H,9H2,(H,20,21,23)/b15-8+. The summed E-state index contributed by atoms with van der Waals surface area (Å²) in [5, 5.41) is 2.99. The molecule has 0 bridgehead atoms. The first kappa shape index (κ1) is 17.0. The highest BCUT2D eigenvalue weighted by molar-refractivity contribution is 8.26. The van der Waals surface area contributed by atoms with E-state index in [4.69, 9.17) is 28.6 Å². The Hall–Kier alpha value is -1.89. The van der Waals surface area contributed by atoms with E-state index in [0.717, 1.165) is 11.1 Å². The van der Waals surface area contributed by atoms with Crippen molar-refractivity contribution in [2.75, 3.05) is 0 Å². The largest absolute Gasteiger partial charge is 0.487 e. The van der Waals surface area contributed by atoms with Crippen LogP contribution in [0.3, 0.4) is 0 Å². The van der Waals surface area contributed by atoms with Crippen molar-refractivity contribution in [1.82, 2.24) is 5.32 Å². The minimum atomic E-state index is -0.289. The van der Waals surface area contributed by atoms with Gasteiger partial charge < -0.3 is 10.1 Å². The number of halogens is 2. The number of amides is 1. The second-order valence-corrected chi connectivity index (χ2v) is 7.08. The van der Waals surface area contributed by atoms with Gasteiger partial charge in [-0.1, -0.05) is 53.8 Å². The van der Waals surface area contributed by atoms with E-state index in [2.05, 4.69) is 5.32 Å². The van der Waals surface area contributed by atoms with Gasteiger partial charge >= 0.3 is 0 Å². The van der Waals surface area contributed by atoms with Gasteiger partial charge in [-0.25, -0.2) is 4.39 Å². The lowest BCUT2D eigenvalue weighted by molar-refractivity contribution is -0.115. The third-order valence-corrected chi connectivity index (χ3v) is 4.66. The molecule has 0 aliphatic carbocycles. The number of rotatable bonds is 4. The van der Waals surface area contributed by atoms with E-state index in [9.17, 15) is 9.18 Å². The summed E-state index contributed by atoms with van der Waals surface area (Å²) in [5.41, 5.74) is 1.61. The van der Waals surface area contributed by atoms with Gasteiger partial charge in [0.1, 0.15) is 22.5 Å². The third-order valence-electron chi connectivity index (χ3n) is 3.20. The van der Waals surface area contributed by atoms with E-state index >= 15 is 0 Å². The van der Waals surface area contributed by atoms with Crippen molar-refractivity contribution in [2.24, 2.45) is 0 Å². The molecule has 24 heavy (non-hydrogen) atoms. The van der Waals surface area contributed by atoms with E-state index in [1.54, 1.807) is 36.4 Å². The van der Waals surface area contributed by atoms with E-state index in [1.807, 2.05) is 0 Å². The van der Waals surface area contributed by atoms with Gasteiger partial charge in [0.2, 0.25) is 0 Å². The highest BCUT2D eigenvalue weighted by Gasteiger charge is 2.21. The molecule has 2 aromatic carbocycles. The number of thioether (sulfide) groups is 1. The Morgan fingerprint density at radius 2 is 2.00 bits per heavy atom. The summed E-state index contributed by atoms with van der Waals surface area (Å²) in [6.45, 7) is 0.285. The van der Waals surface area contributed by atoms with E-state index in [1.165, 1.54) is 23.9 Å². The van der Waals surface area contributed by atoms with E-state index < -0.39 is 0 Å². The normalized spacial score (nSPS) is 15.7. The molecule has 1 fully saturated rings. The van der Waals surface area contributed by atoms with Crippen molar-refractivity contribution >= 4 is 51.9 Å².